The molecule has 0 aromatic heterocycles. The van der Waals surface area contributed by atoms with E-state index in [0.29, 0.717) is 0 Å². The molecule has 3 nitrogen and oxygen atoms in total. The molecule has 0 radical (unpaired) electrons. The summed E-state index contributed by atoms with van der Waals surface area (Å²) >= 11 is 1.26. The highest BCUT2D eigenvalue weighted by molar-refractivity contribution is 7.99. The van der Waals surface area contributed by atoms with Gasteiger partial charge in [-0.15, -0.1) is 4.40 Å². The van der Waals surface area contributed by atoms with Crippen LogP contribution >= 0.6 is 11.9 Å². The Morgan fingerprint density at radius 2 is 1.74 bits per heavy atom. The van der Waals surface area contributed by atoms with E-state index in [1.165, 1.54) is 18.0 Å². The summed E-state index contributed by atoms with van der Waals surface area (Å²) < 4.78 is 41.4. The van der Waals surface area contributed by atoms with Gasteiger partial charge in [0, 0.05) is 0 Å². The van der Waals surface area contributed by atoms with E-state index in [2.05, 4.69) is 4.40 Å². The largest absolute Gasteiger partial charge is 0.442 e. The first-order chi connectivity index (χ1) is 8.73. The van der Waals surface area contributed by atoms with Gasteiger partial charge in [0.25, 0.3) is 0 Å². The summed E-state index contributed by atoms with van der Waals surface area (Å²) in [5.41, 5.74) is -0.573. The third-order valence-corrected chi connectivity index (χ3v) is 4.44. The molecule has 1 aromatic rings. The van der Waals surface area contributed by atoms with Crippen LogP contribution in [-0.4, -0.2) is 16.4 Å². The average Bonchev–Trinajstić information content (AvgIpc) is 2.29. The van der Waals surface area contributed by atoms with Gasteiger partial charge in [-0.25, -0.2) is 8.78 Å². The van der Waals surface area contributed by atoms with E-state index in [-0.39, 0.29) is 10.8 Å². The van der Waals surface area contributed by atoms with Crippen LogP contribution in [0.5, 0.6) is 5.75 Å². The lowest BCUT2D eigenvalue weighted by Gasteiger charge is -2.41. The second-order valence-corrected chi connectivity index (χ2v) is 6.61. The van der Waals surface area contributed by atoms with Crippen molar-refractivity contribution in [1.82, 2.24) is 0 Å². The van der Waals surface area contributed by atoms with Crippen molar-refractivity contribution in [2.24, 2.45) is 4.40 Å². The molecule has 1 heterocycles. The van der Waals surface area contributed by atoms with Crippen molar-refractivity contribution < 1.29 is 18.3 Å². The van der Waals surface area contributed by atoms with Crippen molar-refractivity contribution in [1.29, 1.82) is 0 Å². The molecule has 0 bridgehead atoms. The van der Waals surface area contributed by atoms with Gasteiger partial charge in [-0.1, -0.05) is 6.07 Å². The third-order valence-electron chi connectivity index (χ3n) is 3.25. The van der Waals surface area contributed by atoms with Gasteiger partial charge in [-0.05, 0) is 51.8 Å². The maximum Gasteiger partial charge on any atom is 0.401 e. The summed E-state index contributed by atoms with van der Waals surface area (Å²) in [6, 6.07) is 3.50. The molecular weight excluding hydrogens is 272 g/mol. The van der Waals surface area contributed by atoms with Gasteiger partial charge in [0.2, 0.25) is 5.75 Å². The van der Waals surface area contributed by atoms with Gasteiger partial charge in [0.1, 0.15) is 5.60 Å². The normalized spacial score (nSPS) is 20.4. The molecule has 0 aliphatic carbocycles. The number of rotatable bonds is 1. The Bertz CT molecular complexity index is 509. The zero-order valence-electron chi connectivity index (χ0n) is 11.2. The Morgan fingerprint density at radius 1 is 1.16 bits per heavy atom. The predicted octanol–water partition coefficient (Wildman–Crippen LogP) is 3.94. The second kappa shape index (κ2) is 4.67. The molecular formula is C13H15F2NO2S. The van der Waals surface area contributed by atoms with Crippen LogP contribution in [0, 0.1) is 11.6 Å². The van der Waals surface area contributed by atoms with E-state index >= 15 is 0 Å². The van der Waals surface area contributed by atoms with Gasteiger partial charge < -0.3 is 9.47 Å². The van der Waals surface area contributed by atoms with Gasteiger partial charge in [0.05, 0.1) is 4.75 Å². The van der Waals surface area contributed by atoms with Crippen molar-refractivity contribution in [3.05, 3.63) is 29.8 Å². The number of hydrogen-bond donors (Lipinski definition) is 0. The summed E-state index contributed by atoms with van der Waals surface area (Å²) in [5, 5.41) is 0. The van der Waals surface area contributed by atoms with E-state index in [0.717, 1.165) is 12.1 Å². The Hall–Kier alpha value is -1.30. The lowest BCUT2D eigenvalue weighted by atomic mass is 9.93. The van der Waals surface area contributed by atoms with Crippen molar-refractivity contribution in [2.45, 2.75) is 38.0 Å². The molecule has 1 aromatic carbocycles. The molecule has 0 N–H and O–H groups in total. The summed E-state index contributed by atoms with van der Waals surface area (Å²) in [4.78, 5) is 0. The fourth-order valence-corrected chi connectivity index (χ4v) is 1.97. The van der Waals surface area contributed by atoms with Gasteiger partial charge in [-0.3, -0.25) is 0 Å². The van der Waals surface area contributed by atoms with Crippen LogP contribution in [0.25, 0.3) is 0 Å². The zero-order chi connectivity index (χ0) is 14.3. The molecule has 0 saturated carbocycles. The number of hydrogen-bond acceptors (Lipinski definition) is 4. The van der Waals surface area contributed by atoms with Crippen LogP contribution in [-0.2, 0) is 4.74 Å². The van der Waals surface area contributed by atoms with Crippen molar-refractivity contribution in [3.8, 4) is 5.75 Å². The molecule has 1 aliphatic rings. The minimum atomic E-state index is -0.793. The topological polar surface area (TPSA) is 30.8 Å². The van der Waals surface area contributed by atoms with Crippen LogP contribution in [0.4, 0.5) is 8.78 Å². The molecule has 1 aliphatic heterocycles. The highest BCUT2D eigenvalue weighted by Gasteiger charge is 2.45. The smallest absolute Gasteiger partial charge is 0.401 e. The highest BCUT2D eigenvalue weighted by atomic mass is 32.2. The molecule has 0 saturated heterocycles. The Balaban J connectivity index is 2.24. The van der Waals surface area contributed by atoms with E-state index in [9.17, 15) is 8.78 Å². The van der Waals surface area contributed by atoms with E-state index in [1.807, 2.05) is 27.7 Å². The van der Waals surface area contributed by atoms with E-state index in [1.54, 1.807) is 0 Å². The van der Waals surface area contributed by atoms with Crippen LogP contribution in [0.2, 0.25) is 0 Å². The summed E-state index contributed by atoms with van der Waals surface area (Å²) in [6.45, 7) is 7.69. The van der Waals surface area contributed by atoms with Crippen molar-refractivity contribution in [2.75, 3.05) is 0 Å². The van der Waals surface area contributed by atoms with Gasteiger partial charge in [0.15, 0.2) is 11.6 Å². The predicted molar refractivity (Wildman–Crippen MR) is 71.3 cm³/mol. The number of nitrogens with zero attached hydrogens (tertiary/aromatic N) is 1. The molecule has 104 valence electrons. The number of benzene rings is 1. The van der Waals surface area contributed by atoms with Crippen LogP contribution in [0.15, 0.2) is 22.6 Å². The van der Waals surface area contributed by atoms with Crippen LogP contribution in [0.3, 0.4) is 0 Å². The third kappa shape index (κ3) is 2.68. The maximum absolute atomic E-state index is 13.5. The van der Waals surface area contributed by atoms with Crippen LogP contribution < -0.4 is 4.74 Å². The van der Waals surface area contributed by atoms with Gasteiger partial charge in [-0.2, -0.15) is 0 Å². The highest BCUT2D eigenvalue weighted by Crippen LogP contribution is 2.42. The fraction of sp³-hybridized carbons (Fsp3) is 0.462. The summed E-state index contributed by atoms with van der Waals surface area (Å²) in [5.74, 6) is -2.09. The molecule has 0 spiro atoms. The first-order valence-corrected chi connectivity index (χ1v) is 6.57. The molecule has 0 fully saturated rings. The van der Waals surface area contributed by atoms with Crippen molar-refractivity contribution >= 4 is 18.0 Å². The number of para-hydroxylation sites is 1. The first-order valence-electron chi connectivity index (χ1n) is 5.80. The van der Waals surface area contributed by atoms with Gasteiger partial charge >= 0.3 is 6.08 Å². The molecule has 0 atom stereocenters. The Labute approximate surface area is 115 Å². The lowest BCUT2D eigenvalue weighted by molar-refractivity contribution is 0.0346. The molecule has 2 rings (SSSR count). The SMILES string of the molecule is CC1(C)OC(Oc2c(F)cccc2F)=NSC1(C)C. The quantitative estimate of drug-likeness (QED) is 0.733. The number of halogens is 2. The Morgan fingerprint density at radius 3 is 2.26 bits per heavy atom. The second-order valence-electron chi connectivity index (χ2n) is 5.22. The van der Waals surface area contributed by atoms with E-state index < -0.39 is 23.0 Å². The van der Waals surface area contributed by atoms with Crippen molar-refractivity contribution in [3.63, 3.8) is 0 Å². The molecule has 0 unspecified atom stereocenters. The molecule has 0 amide bonds. The van der Waals surface area contributed by atoms with Crippen LogP contribution in [0.1, 0.15) is 27.7 Å². The first kappa shape index (κ1) is 14.1. The zero-order valence-corrected chi connectivity index (χ0v) is 12.0. The summed E-state index contributed by atoms with van der Waals surface area (Å²) in [7, 11) is 0. The minimum absolute atomic E-state index is 0.140. The monoisotopic (exact) mass is 287 g/mol. The maximum atomic E-state index is 13.5. The minimum Gasteiger partial charge on any atom is -0.442 e. The standard InChI is InChI=1S/C13H15F2NO2S/c1-12(2)13(3,4)19-16-11(18-12)17-10-8(14)6-5-7-9(10)15/h5-7H,1-4H3. The summed E-state index contributed by atoms with van der Waals surface area (Å²) in [6.07, 6.45) is -0.140. The number of ether oxygens (including phenoxy) is 2. The lowest BCUT2D eigenvalue weighted by Crippen LogP contribution is -2.49. The molecule has 19 heavy (non-hydrogen) atoms. The average molecular weight is 287 g/mol. The van der Waals surface area contributed by atoms with E-state index in [4.69, 9.17) is 9.47 Å². The Kier molecular flexibility index (Phi) is 3.47. The fourth-order valence-electron chi connectivity index (χ4n) is 1.33. The molecule has 6 heteroatoms.